The molecule has 0 spiro atoms. The van der Waals surface area contributed by atoms with E-state index in [9.17, 15) is 4.79 Å². The number of hydrogen-bond donors (Lipinski definition) is 2. The van der Waals surface area contributed by atoms with Gasteiger partial charge in [0.15, 0.2) is 0 Å². The summed E-state index contributed by atoms with van der Waals surface area (Å²) in [6.45, 7) is 8.73. The second-order valence-electron chi connectivity index (χ2n) is 8.47. The van der Waals surface area contributed by atoms with Crippen molar-refractivity contribution in [3.05, 3.63) is 58.8 Å². The number of amides is 1. The molecule has 0 unspecified atom stereocenters. The normalized spacial score (nSPS) is 16.9. The van der Waals surface area contributed by atoms with Crippen LogP contribution >= 0.6 is 0 Å². The predicted molar refractivity (Wildman–Crippen MR) is 119 cm³/mol. The first-order valence-electron chi connectivity index (χ1n) is 10.5. The molecule has 0 radical (unpaired) electrons. The van der Waals surface area contributed by atoms with Crippen molar-refractivity contribution >= 4 is 28.2 Å². The number of benzene rings is 2. The number of anilines is 2. The van der Waals surface area contributed by atoms with Crippen LogP contribution in [0, 0.1) is 20.8 Å². The Kier molecular flexibility index (Phi) is 4.26. The number of likely N-dealkylation sites (tertiary alicyclic amines) is 1. The van der Waals surface area contributed by atoms with Gasteiger partial charge in [0.1, 0.15) is 5.69 Å². The number of H-pyrrole nitrogens is 1. The first kappa shape index (κ1) is 18.1. The molecule has 3 heterocycles. The van der Waals surface area contributed by atoms with Gasteiger partial charge in [-0.2, -0.15) is 0 Å². The number of nitrogens with zero attached hydrogens (tertiary/aromatic N) is 2. The largest absolute Gasteiger partial charge is 0.366 e. The molecule has 2 N–H and O–H groups in total. The number of nitrogens with one attached hydrogen (secondary N) is 2. The van der Waals surface area contributed by atoms with Crippen LogP contribution in [0.15, 0.2) is 36.4 Å². The van der Waals surface area contributed by atoms with Gasteiger partial charge >= 0.3 is 0 Å². The van der Waals surface area contributed by atoms with Gasteiger partial charge in [-0.05, 0) is 62.9 Å². The molecule has 5 nitrogen and oxygen atoms in total. The maximum absolute atomic E-state index is 13.3. The van der Waals surface area contributed by atoms with Gasteiger partial charge in [0, 0.05) is 30.0 Å². The summed E-state index contributed by atoms with van der Waals surface area (Å²) in [5.41, 5.74) is 7.83. The Morgan fingerprint density at radius 1 is 1.07 bits per heavy atom. The molecule has 1 saturated heterocycles. The highest BCUT2D eigenvalue weighted by atomic mass is 16.2. The summed E-state index contributed by atoms with van der Waals surface area (Å²) in [5, 5.41) is 4.65. The van der Waals surface area contributed by atoms with E-state index in [4.69, 9.17) is 0 Å². The Bertz CT molecular complexity index is 1090. The summed E-state index contributed by atoms with van der Waals surface area (Å²) in [7, 11) is 0. The predicted octanol–water partition coefficient (Wildman–Crippen LogP) is 4.59. The molecular formula is C24H28N4O. The first-order chi connectivity index (χ1) is 14.0. The monoisotopic (exact) mass is 388 g/mol. The number of aromatic amines is 1. The van der Waals surface area contributed by atoms with Crippen molar-refractivity contribution < 1.29 is 4.79 Å². The lowest BCUT2D eigenvalue weighted by atomic mass is 10.0. The molecule has 0 atom stereocenters. The number of fused-ring (bicyclic) bond motifs is 2. The van der Waals surface area contributed by atoms with E-state index in [-0.39, 0.29) is 5.91 Å². The maximum atomic E-state index is 13.3. The number of carbonyl (C=O) groups excluding carboxylic acids is 1. The highest BCUT2D eigenvalue weighted by Crippen LogP contribution is 2.35. The highest BCUT2D eigenvalue weighted by molar-refractivity contribution is 6.01. The van der Waals surface area contributed by atoms with Gasteiger partial charge in [-0.1, -0.05) is 23.8 Å². The molecule has 2 aliphatic rings. The molecule has 5 rings (SSSR count). The minimum atomic E-state index is 0.133. The van der Waals surface area contributed by atoms with E-state index in [1.807, 2.05) is 4.90 Å². The number of hydrogen-bond acceptors (Lipinski definition) is 3. The Labute approximate surface area is 171 Å². The van der Waals surface area contributed by atoms with Crippen LogP contribution in [0.1, 0.15) is 40.0 Å². The number of para-hydroxylation sites is 2. The van der Waals surface area contributed by atoms with Crippen molar-refractivity contribution in [1.29, 1.82) is 0 Å². The van der Waals surface area contributed by atoms with Gasteiger partial charge in [-0.15, -0.1) is 0 Å². The van der Waals surface area contributed by atoms with Gasteiger partial charge in [-0.3, -0.25) is 4.79 Å². The molecule has 0 bridgehead atoms. The Hall–Kier alpha value is -2.95. The van der Waals surface area contributed by atoms with Crippen molar-refractivity contribution in [1.82, 2.24) is 9.88 Å². The van der Waals surface area contributed by atoms with E-state index < -0.39 is 0 Å². The Morgan fingerprint density at radius 3 is 2.62 bits per heavy atom. The average molecular weight is 389 g/mol. The van der Waals surface area contributed by atoms with Crippen molar-refractivity contribution in [2.24, 2.45) is 0 Å². The molecule has 29 heavy (non-hydrogen) atoms. The van der Waals surface area contributed by atoms with Gasteiger partial charge < -0.3 is 20.1 Å². The van der Waals surface area contributed by atoms with Crippen LogP contribution in [0.25, 0.3) is 10.9 Å². The van der Waals surface area contributed by atoms with Gasteiger partial charge in [0.25, 0.3) is 5.91 Å². The lowest BCUT2D eigenvalue weighted by Gasteiger charge is -2.37. The number of rotatable bonds is 2. The van der Waals surface area contributed by atoms with E-state index in [0.717, 1.165) is 49.4 Å². The van der Waals surface area contributed by atoms with Crippen molar-refractivity contribution in [3.63, 3.8) is 0 Å². The second-order valence-corrected chi connectivity index (χ2v) is 8.47. The molecule has 3 aromatic rings. The summed E-state index contributed by atoms with van der Waals surface area (Å²) in [4.78, 5) is 21.2. The topological polar surface area (TPSA) is 51.4 Å². The Morgan fingerprint density at radius 2 is 1.83 bits per heavy atom. The Balaban J connectivity index is 1.33. The SMILES string of the molecule is Cc1cc(C)c2[nH]c(C(=O)N3CCC(N4CNc5ccccc54)CC3)c(C)c2c1. The molecule has 5 heteroatoms. The molecule has 150 valence electrons. The van der Waals surface area contributed by atoms with Crippen LogP contribution in [0.2, 0.25) is 0 Å². The molecule has 2 aliphatic heterocycles. The molecule has 0 aliphatic carbocycles. The zero-order valence-electron chi connectivity index (χ0n) is 17.4. The minimum absolute atomic E-state index is 0.133. The molecule has 1 fully saturated rings. The number of carbonyl (C=O) groups is 1. The van der Waals surface area contributed by atoms with Crippen LogP contribution in [0.5, 0.6) is 0 Å². The van der Waals surface area contributed by atoms with Crippen molar-refractivity contribution in [2.75, 3.05) is 30.0 Å². The summed E-state index contributed by atoms with van der Waals surface area (Å²) in [6, 6.07) is 13.3. The van der Waals surface area contributed by atoms with Crippen LogP contribution in [-0.4, -0.2) is 41.6 Å². The third-order valence-corrected chi connectivity index (χ3v) is 6.57. The number of aryl methyl sites for hydroxylation is 3. The van der Waals surface area contributed by atoms with E-state index in [0.29, 0.717) is 6.04 Å². The van der Waals surface area contributed by atoms with Gasteiger partial charge in [0.05, 0.1) is 18.0 Å². The zero-order chi connectivity index (χ0) is 20.1. The van der Waals surface area contributed by atoms with Crippen molar-refractivity contribution in [2.45, 2.75) is 39.7 Å². The van der Waals surface area contributed by atoms with E-state index in [1.54, 1.807) is 0 Å². The quantitative estimate of drug-likeness (QED) is 0.675. The number of aromatic nitrogens is 1. The van der Waals surface area contributed by atoms with E-state index >= 15 is 0 Å². The third-order valence-electron chi connectivity index (χ3n) is 6.57. The molecular weight excluding hydrogens is 360 g/mol. The summed E-state index contributed by atoms with van der Waals surface area (Å²) in [6.07, 6.45) is 2.00. The van der Waals surface area contributed by atoms with Crippen LogP contribution in [-0.2, 0) is 0 Å². The lowest BCUT2D eigenvalue weighted by molar-refractivity contribution is 0.0707. The van der Waals surface area contributed by atoms with Crippen molar-refractivity contribution in [3.8, 4) is 0 Å². The number of piperidine rings is 1. The molecule has 1 aromatic heterocycles. The average Bonchev–Trinajstić information content (AvgIpc) is 3.30. The fourth-order valence-corrected chi connectivity index (χ4v) is 4.99. The molecule has 0 saturated carbocycles. The van der Waals surface area contributed by atoms with E-state index in [2.05, 4.69) is 72.4 Å². The van der Waals surface area contributed by atoms with E-state index in [1.165, 1.54) is 27.9 Å². The fourth-order valence-electron chi connectivity index (χ4n) is 4.99. The van der Waals surface area contributed by atoms with Gasteiger partial charge in [0.2, 0.25) is 0 Å². The molecule has 2 aromatic carbocycles. The highest BCUT2D eigenvalue weighted by Gasteiger charge is 2.31. The standard InChI is InChI=1S/C24H28N4O/c1-15-12-16(2)22-19(13-15)17(3)23(26-22)24(29)27-10-8-18(9-11-27)28-14-25-20-6-4-5-7-21(20)28/h4-7,12-13,18,25-26H,8-11,14H2,1-3H3. The smallest absolute Gasteiger partial charge is 0.270 e. The van der Waals surface area contributed by atoms with Crippen LogP contribution < -0.4 is 10.2 Å². The lowest BCUT2D eigenvalue weighted by Crippen LogP contribution is -2.47. The third kappa shape index (κ3) is 2.96. The summed E-state index contributed by atoms with van der Waals surface area (Å²) in [5.74, 6) is 0.133. The molecule has 1 amide bonds. The minimum Gasteiger partial charge on any atom is -0.366 e. The van der Waals surface area contributed by atoms with Crippen LogP contribution in [0.4, 0.5) is 11.4 Å². The summed E-state index contributed by atoms with van der Waals surface area (Å²) >= 11 is 0. The fraction of sp³-hybridized carbons (Fsp3) is 0.375. The van der Waals surface area contributed by atoms with Gasteiger partial charge in [-0.25, -0.2) is 0 Å². The second kappa shape index (κ2) is 6.83. The maximum Gasteiger partial charge on any atom is 0.270 e. The first-order valence-corrected chi connectivity index (χ1v) is 10.5. The van der Waals surface area contributed by atoms with Crippen LogP contribution in [0.3, 0.4) is 0 Å². The zero-order valence-corrected chi connectivity index (χ0v) is 17.4. The summed E-state index contributed by atoms with van der Waals surface area (Å²) < 4.78 is 0.